The van der Waals surface area contributed by atoms with E-state index in [0.717, 1.165) is 22.3 Å². The fraction of sp³-hybridized carbons (Fsp3) is 0. The summed E-state index contributed by atoms with van der Waals surface area (Å²) in [4.78, 5) is 13.0. The predicted molar refractivity (Wildman–Crippen MR) is 101 cm³/mol. The third-order valence-corrected chi connectivity index (χ3v) is 4.02. The van der Waals surface area contributed by atoms with Crippen LogP contribution in [0.3, 0.4) is 0 Å². The van der Waals surface area contributed by atoms with E-state index in [2.05, 4.69) is 27.1 Å². The molecule has 0 bridgehead atoms. The molecule has 1 heterocycles. The molecule has 0 fully saturated rings. The summed E-state index contributed by atoms with van der Waals surface area (Å²) in [6, 6.07) is 29.8. The van der Waals surface area contributed by atoms with E-state index >= 15 is 0 Å². The second-order valence-corrected chi connectivity index (χ2v) is 5.73. The van der Waals surface area contributed by atoms with Gasteiger partial charge in [0.25, 0.3) is 0 Å². The van der Waals surface area contributed by atoms with Crippen LogP contribution in [0.2, 0.25) is 0 Å². The molecular weight excluding hydrogens is 320 g/mol. The van der Waals surface area contributed by atoms with Crippen LogP contribution < -0.4 is 0 Å². The smallest absolute Gasteiger partial charge is 0.208 e. The Labute approximate surface area is 151 Å². The first-order chi connectivity index (χ1) is 12.8. The summed E-state index contributed by atoms with van der Waals surface area (Å²) in [6.07, 6.45) is 0. The summed E-state index contributed by atoms with van der Waals surface area (Å²) in [5, 5.41) is 9.27. The van der Waals surface area contributed by atoms with Gasteiger partial charge in [-0.25, -0.2) is 4.98 Å². The van der Waals surface area contributed by atoms with Gasteiger partial charge in [-0.15, -0.1) is 0 Å². The van der Waals surface area contributed by atoms with Crippen molar-refractivity contribution >= 4 is 0 Å². The lowest BCUT2D eigenvalue weighted by Crippen LogP contribution is -2.00. The van der Waals surface area contributed by atoms with Crippen molar-refractivity contribution in [2.45, 2.75) is 0 Å². The summed E-state index contributed by atoms with van der Waals surface area (Å²) in [5.74, 6) is 1.11. The molecule has 0 aliphatic carbocycles. The zero-order valence-electron chi connectivity index (χ0n) is 13.9. The Hall–Kier alpha value is -3.84. The lowest BCUT2D eigenvalue weighted by molar-refractivity contribution is 1.03. The first-order valence-corrected chi connectivity index (χ1v) is 8.21. The number of nitriles is 1. The molecule has 0 N–H and O–H groups in total. The fourth-order valence-corrected chi connectivity index (χ4v) is 2.71. The van der Waals surface area contributed by atoms with Gasteiger partial charge in [0.1, 0.15) is 6.07 Å². The maximum atomic E-state index is 9.27. The number of hydrogen-bond acceptors (Lipinski definition) is 4. The second-order valence-electron chi connectivity index (χ2n) is 5.73. The molecule has 26 heavy (non-hydrogen) atoms. The van der Waals surface area contributed by atoms with Gasteiger partial charge >= 0.3 is 0 Å². The third kappa shape index (κ3) is 3.19. The minimum atomic E-state index is 0.112. The van der Waals surface area contributed by atoms with E-state index < -0.39 is 0 Å². The minimum Gasteiger partial charge on any atom is -0.208 e. The van der Waals surface area contributed by atoms with Crippen LogP contribution in [0.4, 0.5) is 0 Å². The molecule has 4 rings (SSSR count). The van der Waals surface area contributed by atoms with Gasteiger partial charge in [-0.1, -0.05) is 84.9 Å². The molecule has 0 unspecified atom stereocenters. The zero-order valence-corrected chi connectivity index (χ0v) is 13.9. The summed E-state index contributed by atoms with van der Waals surface area (Å²) >= 11 is 0. The highest BCUT2D eigenvalue weighted by atomic mass is 15.0. The van der Waals surface area contributed by atoms with Gasteiger partial charge < -0.3 is 0 Å². The number of benzene rings is 3. The predicted octanol–water partition coefficient (Wildman–Crippen LogP) is 4.74. The molecule has 3 aromatic carbocycles. The van der Waals surface area contributed by atoms with E-state index in [1.54, 1.807) is 0 Å². The highest BCUT2D eigenvalue weighted by Crippen LogP contribution is 2.24. The highest BCUT2D eigenvalue weighted by Gasteiger charge is 2.10. The first kappa shape index (κ1) is 15.7. The second kappa shape index (κ2) is 6.96. The van der Waals surface area contributed by atoms with Crippen LogP contribution in [-0.2, 0) is 0 Å². The Bertz CT molecular complexity index is 1070. The molecule has 4 nitrogen and oxygen atoms in total. The molecular formula is C22H14N4. The number of rotatable bonds is 3. The topological polar surface area (TPSA) is 62.5 Å². The van der Waals surface area contributed by atoms with Crippen LogP contribution >= 0.6 is 0 Å². The summed E-state index contributed by atoms with van der Waals surface area (Å²) in [5.41, 5.74) is 3.97. The molecule has 0 aliphatic rings. The average Bonchev–Trinajstić information content (AvgIpc) is 2.75. The Morgan fingerprint density at radius 1 is 0.500 bits per heavy atom. The van der Waals surface area contributed by atoms with Crippen molar-refractivity contribution in [1.82, 2.24) is 15.0 Å². The van der Waals surface area contributed by atoms with Gasteiger partial charge in [0.05, 0.1) is 0 Å². The van der Waals surface area contributed by atoms with E-state index in [4.69, 9.17) is 0 Å². The number of hydrogen-bond donors (Lipinski definition) is 0. The van der Waals surface area contributed by atoms with Crippen molar-refractivity contribution in [2.75, 3.05) is 0 Å². The van der Waals surface area contributed by atoms with Crippen molar-refractivity contribution in [2.24, 2.45) is 0 Å². The molecule has 0 atom stereocenters. The Balaban J connectivity index is 1.75. The van der Waals surface area contributed by atoms with E-state index in [0.29, 0.717) is 11.6 Å². The molecule has 4 heteroatoms. The summed E-state index contributed by atoms with van der Waals surface area (Å²) < 4.78 is 0. The molecule has 0 saturated carbocycles. The molecule has 122 valence electrons. The molecule has 0 spiro atoms. The van der Waals surface area contributed by atoms with Crippen LogP contribution in [-0.4, -0.2) is 15.0 Å². The van der Waals surface area contributed by atoms with E-state index in [9.17, 15) is 5.26 Å². The van der Waals surface area contributed by atoms with Crippen LogP contribution in [0.1, 0.15) is 5.82 Å². The van der Waals surface area contributed by atoms with Gasteiger partial charge in [-0.05, 0) is 11.1 Å². The van der Waals surface area contributed by atoms with Crippen molar-refractivity contribution in [3.63, 3.8) is 0 Å². The lowest BCUT2D eigenvalue weighted by atomic mass is 10.0. The standard InChI is InChI=1S/C22H14N4/c23-15-20-24-21(18-9-5-2-6-10-18)26-22(25-20)19-13-11-17(12-14-19)16-7-3-1-4-8-16/h1-14H. The quantitative estimate of drug-likeness (QED) is 0.542. The van der Waals surface area contributed by atoms with Gasteiger partial charge in [0, 0.05) is 11.1 Å². The Morgan fingerprint density at radius 2 is 0.923 bits per heavy atom. The fourth-order valence-electron chi connectivity index (χ4n) is 2.71. The first-order valence-electron chi connectivity index (χ1n) is 8.21. The highest BCUT2D eigenvalue weighted by molar-refractivity contribution is 5.68. The summed E-state index contributed by atoms with van der Waals surface area (Å²) in [6.45, 7) is 0. The van der Waals surface area contributed by atoms with Crippen molar-refractivity contribution in [3.05, 3.63) is 90.8 Å². The maximum Gasteiger partial charge on any atom is 0.236 e. The lowest BCUT2D eigenvalue weighted by Gasteiger charge is -2.06. The minimum absolute atomic E-state index is 0.112. The van der Waals surface area contributed by atoms with Gasteiger partial charge in [0.15, 0.2) is 11.6 Å². The Morgan fingerprint density at radius 3 is 1.46 bits per heavy atom. The SMILES string of the molecule is N#Cc1nc(-c2ccccc2)nc(-c2ccc(-c3ccccc3)cc2)n1. The van der Waals surface area contributed by atoms with Crippen LogP contribution in [0.25, 0.3) is 33.9 Å². The molecule has 0 radical (unpaired) electrons. The Kier molecular flexibility index (Phi) is 4.19. The molecule has 0 saturated heterocycles. The van der Waals surface area contributed by atoms with Crippen molar-refractivity contribution < 1.29 is 0 Å². The largest absolute Gasteiger partial charge is 0.236 e. The maximum absolute atomic E-state index is 9.27. The molecule has 4 aromatic rings. The van der Waals surface area contributed by atoms with E-state index in [1.807, 2.05) is 78.9 Å². The molecule has 0 aliphatic heterocycles. The number of aromatic nitrogens is 3. The third-order valence-electron chi connectivity index (χ3n) is 4.02. The average molecular weight is 334 g/mol. The normalized spacial score (nSPS) is 10.3. The monoisotopic (exact) mass is 334 g/mol. The summed E-state index contributed by atoms with van der Waals surface area (Å²) in [7, 11) is 0. The zero-order chi connectivity index (χ0) is 17.8. The van der Waals surface area contributed by atoms with Gasteiger partial charge in [0.2, 0.25) is 5.82 Å². The van der Waals surface area contributed by atoms with Crippen LogP contribution in [0.5, 0.6) is 0 Å². The van der Waals surface area contributed by atoms with E-state index in [1.165, 1.54) is 0 Å². The molecule has 0 amide bonds. The van der Waals surface area contributed by atoms with Crippen molar-refractivity contribution in [3.8, 4) is 40.0 Å². The van der Waals surface area contributed by atoms with Gasteiger partial charge in [-0.3, -0.25) is 0 Å². The van der Waals surface area contributed by atoms with Crippen molar-refractivity contribution in [1.29, 1.82) is 5.26 Å². The van der Waals surface area contributed by atoms with E-state index in [-0.39, 0.29) is 5.82 Å². The van der Waals surface area contributed by atoms with Crippen LogP contribution in [0, 0.1) is 11.3 Å². The number of nitrogens with zero attached hydrogens (tertiary/aromatic N) is 4. The van der Waals surface area contributed by atoms with Crippen LogP contribution in [0.15, 0.2) is 84.9 Å². The molecule has 1 aromatic heterocycles. The van der Waals surface area contributed by atoms with Gasteiger partial charge in [-0.2, -0.15) is 15.2 Å².